The lowest BCUT2D eigenvalue weighted by molar-refractivity contribution is 0.0854. The summed E-state index contributed by atoms with van der Waals surface area (Å²) in [6.07, 6.45) is 2.17. The zero-order valence-corrected chi connectivity index (χ0v) is 14.1. The van der Waals surface area contributed by atoms with Gasteiger partial charge in [-0.05, 0) is 42.7 Å². The van der Waals surface area contributed by atoms with Gasteiger partial charge >= 0.3 is 0 Å². The van der Waals surface area contributed by atoms with E-state index in [0.717, 1.165) is 25.0 Å². The molecular formula is C19H20ClNO3. The van der Waals surface area contributed by atoms with Crippen LogP contribution >= 0.6 is 11.6 Å². The van der Waals surface area contributed by atoms with E-state index >= 15 is 0 Å². The number of para-hydroxylation sites is 1. The zero-order chi connectivity index (χ0) is 16.8. The molecule has 5 heteroatoms. The van der Waals surface area contributed by atoms with Crippen LogP contribution in [0.4, 0.5) is 0 Å². The van der Waals surface area contributed by atoms with E-state index < -0.39 is 0 Å². The summed E-state index contributed by atoms with van der Waals surface area (Å²) in [4.78, 5) is 12.4. The van der Waals surface area contributed by atoms with Crippen molar-refractivity contribution in [2.75, 3.05) is 13.2 Å². The molecule has 1 N–H and O–H groups in total. The van der Waals surface area contributed by atoms with Crippen LogP contribution in [0.15, 0.2) is 48.5 Å². The van der Waals surface area contributed by atoms with Crippen LogP contribution < -0.4 is 10.1 Å². The van der Waals surface area contributed by atoms with Crippen molar-refractivity contribution in [2.24, 2.45) is 0 Å². The molecule has 126 valence electrons. The van der Waals surface area contributed by atoms with Crippen LogP contribution in [-0.4, -0.2) is 25.2 Å². The normalized spacial score (nSPS) is 16.8. The molecule has 1 aliphatic rings. The molecule has 1 heterocycles. The fourth-order valence-electron chi connectivity index (χ4n) is 2.63. The number of benzene rings is 2. The van der Waals surface area contributed by atoms with E-state index in [1.54, 1.807) is 12.1 Å². The van der Waals surface area contributed by atoms with Gasteiger partial charge in [0.1, 0.15) is 12.4 Å². The molecular weight excluding hydrogens is 326 g/mol. The van der Waals surface area contributed by atoms with Crippen LogP contribution in [0, 0.1) is 0 Å². The predicted molar refractivity (Wildman–Crippen MR) is 93.5 cm³/mol. The van der Waals surface area contributed by atoms with Crippen molar-refractivity contribution in [3.8, 4) is 5.75 Å². The number of carbonyl (C=O) groups excluding carboxylic acids is 1. The number of hydrogen-bond donors (Lipinski definition) is 1. The van der Waals surface area contributed by atoms with Crippen LogP contribution in [0.1, 0.15) is 28.8 Å². The van der Waals surface area contributed by atoms with Gasteiger partial charge < -0.3 is 14.8 Å². The molecule has 0 aliphatic carbocycles. The Balaban J connectivity index is 1.61. The van der Waals surface area contributed by atoms with E-state index in [-0.39, 0.29) is 12.0 Å². The number of ether oxygens (including phenoxy) is 2. The molecule has 1 amide bonds. The molecule has 0 aromatic heterocycles. The average Bonchev–Trinajstić information content (AvgIpc) is 3.13. The maximum atomic E-state index is 12.4. The lowest BCUT2D eigenvalue weighted by atomic mass is 10.1. The number of carbonyl (C=O) groups is 1. The van der Waals surface area contributed by atoms with Gasteiger partial charge in [0.05, 0.1) is 11.7 Å². The highest BCUT2D eigenvalue weighted by Crippen LogP contribution is 2.20. The van der Waals surface area contributed by atoms with E-state index in [2.05, 4.69) is 5.32 Å². The number of hydrogen-bond acceptors (Lipinski definition) is 3. The van der Waals surface area contributed by atoms with Gasteiger partial charge in [-0.3, -0.25) is 4.79 Å². The molecule has 0 spiro atoms. The summed E-state index contributed by atoms with van der Waals surface area (Å²) in [5.41, 5.74) is 1.53. The van der Waals surface area contributed by atoms with E-state index in [1.165, 1.54) is 0 Å². The Kier molecular flexibility index (Phi) is 5.72. The van der Waals surface area contributed by atoms with E-state index in [0.29, 0.717) is 29.5 Å². The molecule has 1 aliphatic heterocycles. The van der Waals surface area contributed by atoms with E-state index in [9.17, 15) is 4.79 Å². The first kappa shape index (κ1) is 16.8. The molecule has 0 radical (unpaired) electrons. The van der Waals surface area contributed by atoms with Gasteiger partial charge in [0.2, 0.25) is 0 Å². The van der Waals surface area contributed by atoms with E-state index in [1.807, 2.05) is 36.4 Å². The van der Waals surface area contributed by atoms with Gasteiger partial charge in [-0.25, -0.2) is 0 Å². The Bertz CT molecular complexity index is 681. The highest BCUT2D eigenvalue weighted by molar-refractivity contribution is 6.30. The fraction of sp³-hybridized carbons (Fsp3) is 0.316. The largest absolute Gasteiger partial charge is 0.488 e. The van der Waals surface area contributed by atoms with Crippen molar-refractivity contribution in [2.45, 2.75) is 25.6 Å². The second-order valence-electron chi connectivity index (χ2n) is 5.76. The average molecular weight is 346 g/mol. The smallest absolute Gasteiger partial charge is 0.255 e. The number of nitrogens with one attached hydrogen (secondary N) is 1. The summed E-state index contributed by atoms with van der Waals surface area (Å²) < 4.78 is 11.3. The predicted octanol–water partition coefficient (Wildman–Crippen LogP) is 3.83. The van der Waals surface area contributed by atoms with Gasteiger partial charge in [0.25, 0.3) is 5.91 Å². The molecule has 24 heavy (non-hydrogen) atoms. The van der Waals surface area contributed by atoms with Crippen molar-refractivity contribution >= 4 is 17.5 Å². The Labute approximate surface area is 146 Å². The Morgan fingerprint density at radius 3 is 2.75 bits per heavy atom. The van der Waals surface area contributed by atoms with Crippen molar-refractivity contribution in [3.05, 3.63) is 64.7 Å². The number of rotatable bonds is 6. The maximum Gasteiger partial charge on any atom is 0.255 e. The molecule has 3 rings (SSSR count). The summed E-state index contributed by atoms with van der Waals surface area (Å²) >= 11 is 5.88. The highest BCUT2D eigenvalue weighted by atomic mass is 35.5. The minimum atomic E-state index is -0.141. The fourth-order valence-corrected chi connectivity index (χ4v) is 2.75. The van der Waals surface area contributed by atoms with Gasteiger partial charge in [-0.2, -0.15) is 0 Å². The summed E-state index contributed by atoms with van der Waals surface area (Å²) in [5.74, 6) is 0.425. The van der Waals surface area contributed by atoms with Crippen LogP contribution in [0.2, 0.25) is 5.02 Å². The zero-order valence-electron chi connectivity index (χ0n) is 13.3. The quantitative estimate of drug-likeness (QED) is 0.865. The molecule has 1 atom stereocenters. The first-order valence-electron chi connectivity index (χ1n) is 8.08. The van der Waals surface area contributed by atoms with Crippen LogP contribution in [0.5, 0.6) is 5.75 Å². The second-order valence-corrected chi connectivity index (χ2v) is 6.19. The van der Waals surface area contributed by atoms with Crippen molar-refractivity contribution < 1.29 is 14.3 Å². The topological polar surface area (TPSA) is 47.6 Å². The number of amides is 1. The molecule has 0 saturated carbocycles. The van der Waals surface area contributed by atoms with Gasteiger partial charge in [0, 0.05) is 18.2 Å². The molecule has 2 aromatic carbocycles. The standard InChI is InChI=1S/C19H20ClNO3/c20-15-9-7-14(8-10-15)13-24-18-6-2-1-5-17(18)19(22)21-12-16-4-3-11-23-16/h1-2,5-10,16H,3-4,11-13H2,(H,21,22)/t16-/m1/s1. The Hall–Kier alpha value is -2.04. The van der Waals surface area contributed by atoms with Gasteiger partial charge in [-0.15, -0.1) is 0 Å². The SMILES string of the molecule is O=C(NC[C@H]1CCCO1)c1ccccc1OCc1ccc(Cl)cc1. The van der Waals surface area contributed by atoms with Gasteiger partial charge in [0.15, 0.2) is 0 Å². The van der Waals surface area contributed by atoms with Gasteiger partial charge in [-0.1, -0.05) is 35.9 Å². The molecule has 2 aromatic rings. The number of halogens is 1. The maximum absolute atomic E-state index is 12.4. The van der Waals surface area contributed by atoms with Crippen molar-refractivity contribution in [1.82, 2.24) is 5.32 Å². The monoisotopic (exact) mass is 345 g/mol. The van der Waals surface area contributed by atoms with E-state index in [4.69, 9.17) is 21.1 Å². The van der Waals surface area contributed by atoms with Crippen molar-refractivity contribution in [1.29, 1.82) is 0 Å². The molecule has 4 nitrogen and oxygen atoms in total. The summed E-state index contributed by atoms with van der Waals surface area (Å²) in [6, 6.07) is 14.7. The molecule has 0 unspecified atom stereocenters. The molecule has 0 bridgehead atoms. The third-order valence-corrected chi connectivity index (χ3v) is 4.21. The minimum Gasteiger partial charge on any atom is -0.488 e. The summed E-state index contributed by atoms with van der Waals surface area (Å²) in [7, 11) is 0. The van der Waals surface area contributed by atoms with Crippen LogP contribution in [0.3, 0.4) is 0 Å². The highest BCUT2D eigenvalue weighted by Gasteiger charge is 2.18. The lowest BCUT2D eigenvalue weighted by Crippen LogP contribution is -2.32. The first-order valence-corrected chi connectivity index (χ1v) is 8.46. The lowest BCUT2D eigenvalue weighted by Gasteiger charge is -2.14. The third-order valence-electron chi connectivity index (χ3n) is 3.95. The Morgan fingerprint density at radius 2 is 2.00 bits per heavy atom. The minimum absolute atomic E-state index is 0.121. The van der Waals surface area contributed by atoms with Crippen LogP contribution in [-0.2, 0) is 11.3 Å². The third kappa shape index (κ3) is 4.49. The molecule has 1 fully saturated rings. The summed E-state index contributed by atoms with van der Waals surface area (Å²) in [5, 5.41) is 3.61. The van der Waals surface area contributed by atoms with Crippen molar-refractivity contribution in [3.63, 3.8) is 0 Å². The molecule has 1 saturated heterocycles. The Morgan fingerprint density at radius 1 is 1.21 bits per heavy atom. The first-order chi connectivity index (χ1) is 11.7. The summed E-state index contributed by atoms with van der Waals surface area (Å²) in [6.45, 7) is 1.69. The second kappa shape index (κ2) is 8.18. The van der Waals surface area contributed by atoms with Crippen LogP contribution in [0.25, 0.3) is 0 Å².